The standard InChI is InChI=1S/C14H20NO2.BrH/c1-15(2,9-12-17-11-6-10-16)13-14-7-4-3-5-8-14;/h3-8H,9,11-13H2,1-2H3;1H/q+1;/p-1. The quantitative estimate of drug-likeness (QED) is 0.354. The van der Waals surface area contributed by atoms with Crippen LogP contribution in [-0.4, -0.2) is 44.3 Å². The molecule has 0 atom stereocenters. The SMILES string of the molecule is C[N+](C)(CCOCC=C=O)Cc1ccccc1.[Br-]. The van der Waals surface area contributed by atoms with E-state index in [4.69, 9.17) is 4.74 Å². The van der Waals surface area contributed by atoms with E-state index in [0.29, 0.717) is 13.2 Å². The number of ether oxygens (including phenoxy) is 1. The van der Waals surface area contributed by atoms with Crippen molar-refractivity contribution < 1.29 is 31.0 Å². The van der Waals surface area contributed by atoms with Gasteiger partial charge in [-0.15, -0.1) is 0 Å². The van der Waals surface area contributed by atoms with Crippen LogP contribution in [0.4, 0.5) is 0 Å². The second-order valence-electron chi connectivity index (χ2n) is 4.70. The summed E-state index contributed by atoms with van der Waals surface area (Å²) in [5.41, 5.74) is 1.32. The maximum absolute atomic E-state index is 9.94. The van der Waals surface area contributed by atoms with Crippen LogP contribution in [0.15, 0.2) is 36.4 Å². The van der Waals surface area contributed by atoms with Crippen LogP contribution in [-0.2, 0) is 16.1 Å². The number of hydrogen-bond acceptors (Lipinski definition) is 2. The van der Waals surface area contributed by atoms with Crippen LogP contribution in [0.1, 0.15) is 5.56 Å². The van der Waals surface area contributed by atoms with E-state index in [1.807, 2.05) is 6.07 Å². The third-order valence-electron chi connectivity index (χ3n) is 2.58. The summed E-state index contributed by atoms with van der Waals surface area (Å²) in [6, 6.07) is 10.4. The van der Waals surface area contributed by atoms with Crippen molar-refractivity contribution in [3.05, 3.63) is 42.0 Å². The molecular formula is C14H20BrNO2. The molecule has 0 aromatic heterocycles. The van der Waals surface area contributed by atoms with E-state index in [9.17, 15) is 4.79 Å². The first-order valence-electron chi connectivity index (χ1n) is 5.77. The van der Waals surface area contributed by atoms with E-state index in [1.165, 1.54) is 11.6 Å². The molecule has 0 aliphatic heterocycles. The smallest absolute Gasteiger partial charge is 0.122 e. The molecule has 0 fully saturated rings. The Hall–Kier alpha value is -0.930. The fourth-order valence-electron chi connectivity index (χ4n) is 1.64. The summed E-state index contributed by atoms with van der Waals surface area (Å²) in [6.45, 7) is 2.90. The molecule has 3 nitrogen and oxygen atoms in total. The van der Waals surface area contributed by atoms with Crippen molar-refractivity contribution in [1.29, 1.82) is 0 Å². The molecule has 18 heavy (non-hydrogen) atoms. The van der Waals surface area contributed by atoms with Gasteiger partial charge < -0.3 is 26.2 Å². The van der Waals surface area contributed by atoms with Crippen molar-refractivity contribution in [2.45, 2.75) is 6.54 Å². The Kier molecular flexibility index (Phi) is 8.59. The van der Waals surface area contributed by atoms with Crippen LogP contribution < -0.4 is 17.0 Å². The Morgan fingerprint density at radius 1 is 1.28 bits per heavy atom. The van der Waals surface area contributed by atoms with Gasteiger partial charge in [-0.2, -0.15) is 0 Å². The number of benzene rings is 1. The first-order valence-corrected chi connectivity index (χ1v) is 5.77. The molecule has 1 rings (SSSR count). The number of rotatable bonds is 7. The summed E-state index contributed by atoms with van der Waals surface area (Å²) in [6.07, 6.45) is 1.36. The van der Waals surface area contributed by atoms with Gasteiger partial charge in [-0.25, -0.2) is 4.79 Å². The van der Waals surface area contributed by atoms with Crippen LogP contribution in [0.3, 0.4) is 0 Å². The lowest BCUT2D eigenvalue weighted by Crippen LogP contribution is -3.00. The first kappa shape index (κ1) is 17.1. The van der Waals surface area contributed by atoms with Crippen molar-refractivity contribution in [3.63, 3.8) is 0 Å². The lowest BCUT2D eigenvalue weighted by molar-refractivity contribution is -0.904. The van der Waals surface area contributed by atoms with Crippen LogP contribution in [0.5, 0.6) is 0 Å². The Labute approximate surface area is 119 Å². The highest BCUT2D eigenvalue weighted by atomic mass is 79.9. The van der Waals surface area contributed by atoms with Crippen molar-refractivity contribution in [1.82, 2.24) is 0 Å². The fourth-order valence-corrected chi connectivity index (χ4v) is 1.64. The number of halogens is 1. The molecule has 0 unspecified atom stereocenters. The summed E-state index contributed by atoms with van der Waals surface area (Å²) in [5.74, 6) is 1.70. The number of nitrogens with zero attached hydrogens (tertiary/aromatic N) is 1. The van der Waals surface area contributed by atoms with Crippen molar-refractivity contribution in [2.75, 3.05) is 33.9 Å². The molecule has 100 valence electrons. The molecule has 0 aliphatic rings. The first-order chi connectivity index (χ1) is 8.14. The molecule has 0 bridgehead atoms. The lowest BCUT2D eigenvalue weighted by atomic mass is 10.2. The molecule has 1 aromatic rings. The van der Waals surface area contributed by atoms with Gasteiger partial charge in [-0.05, 0) is 0 Å². The molecule has 0 aliphatic carbocycles. The summed E-state index contributed by atoms with van der Waals surface area (Å²) in [5, 5.41) is 0. The molecular weight excluding hydrogens is 294 g/mol. The van der Waals surface area contributed by atoms with E-state index in [1.54, 1.807) is 5.94 Å². The maximum atomic E-state index is 9.94. The molecule has 0 heterocycles. The molecule has 0 radical (unpaired) electrons. The van der Waals surface area contributed by atoms with Gasteiger partial charge in [-0.1, -0.05) is 30.3 Å². The summed E-state index contributed by atoms with van der Waals surface area (Å²) < 4.78 is 6.18. The second-order valence-corrected chi connectivity index (χ2v) is 4.70. The third kappa shape index (κ3) is 7.41. The zero-order valence-corrected chi connectivity index (χ0v) is 12.5. The third-order valence-corrected chi connectivity index (χ3v) is 2.58. The van der Waals surface area contributed by atoms with E-state index in [0.717, 1.165) is 17.6 Å². The van der Waals surface area contributed by atoms with Gasteiger partial charge in [0.2, 0.25) is 0 Å². The Morgan fingerprint density at radius 3 is 2.56 bits per heavy atom. The monoisotopic (exact) mass is 313 g/mol. The molecule has 0 saturated carbocycles. The van der Waals surface area contributed by atoms with Crippen molar-refractivity contribution in [3.8, 4) is 0 Å². The van der Waals surface area contributed by atoms with Crippen LogP contribution in [0.2, 0.25) is 0 Å². The normalized spacial score (nSPS) is 10.3. The minimum Gasteiger partial charge on any atom is -1.00 e. The zero-order valence-electron chi connectivity index (χ0n) is 10.9. The highest BCUT2D eigenvalue weighted by molar-refractivity contribution is 5.44. The molecule has 0 spiro atoms. The summed E-state index contributed by atoms with van der Waals surface area (Å²) in [7, 11) is 4.35. The molecule has 4 heteroatoms. The van der Waals surface area contributed by atoms with E-state index in [-0.39, 0.29) is 17.0 Å². The highest BCUT2D eigenvalue weighted by Gasteiger charge is 2.15. The number of quaternary nitrogens is 1. The molecule has 0 saturated heterocycles. The Balaban J connectivity index is 0.00000289. The molecule has 0 N–H and O–H groups in total. The molecule has 0 amide bonds. The van der Waals surface area contributed by atoms with Gasteiger partial charge in [0.15, 0.2) is 0 Å². The van der Waals surface area contributed by atoms with Crippen LogP contribution >= 0.6 is 0 Å². The zero-order chi connectivity index (χ0) is 12.6. The number of hydrogen-bond donors (Lipinski definition) is 0. The topological polar surface area (TPSA) is 26.3 Å². The van der Waals surface area contributed by atoms with Gasteiger partial charge in [-0.3, -0.25) is 0 Å². The minimum absolute atomic E-state index is 0. The van der Waals surface area contributed by atoms with E-state index >= 15 is 0 Å². The molecule has 1 aromatic carbocycles. The highest BCUT2D eigenvalue weighted by Crippen LogP contribution is 2.08. The lowest BCUT2D eigenvalue weighted by Gasteiger charge is -2.29. The van der Waals surface area contributed by atoms with E-state index < -0.39 is 0 Å². The summed E-state index contributed by atoms with van der Waals surface area (Å²) in [4.78, 5) is 9.94. The van der Waals surface area contributed by atoms with E-state index in [2.05, 4.69) is 38.4 Å². The predicted octanol–water partition coefficient (Wildman–Crippen LogP) is -1.33. The predicted molar refractivity (Wildman–Crippen MR) is 68.2 cm³/mol. The number of likely N-dealkylation sites (N-methyl/N-ethyl adjacent to an activating group) is 1. The van der Waals surface area contributed by atoms with Crippen LogP contribution in [0, 0.1) is 0 Å². The Bertz CT molecular complexity index is 373. The average Bonchev–Trinajstić information content (AvgIpc) is 2.29. The van der Waals surface area contributed by atoms with Crippen molar-refractivity contribution in [2.24, 2.45) is 0 Å². The van der Waals surface area contributed by atoms with Gasteiger partial charge >= 0.3 is 0 Å². The summed E-state index contributed by atoms with van der Waals surface area (Å²) >= 11 is 0. The number of carbonyl (C=O) groups excluding carboxylic acids is 1. The largest absolute Gasteiger partial charge is 1.00 e. The van der Waals surface area contributed by atoms with Gasteiger partial charge in [0, 0.05) is 11.6 Å². The second kappa shape index (κ2) is 9.06. The van der Waals surface area contributed by atoms with Gasteiger partial charge in [0.25, 0.3) is 0 Å². The fraction of sp³-hybridized carbons (Fsp3) is 0.429. The Morgan fingerprint density at radius 2 is 1.94 bits per heavy atom. The van der Waals surface area contributed by atoms with Crippen molar-refractivity contribution >= 4 is 5.94 Å². The van der Waals surface area contributed by atoms with Crippen LogP contribution in [0.25, 0.3) is 0 Å². The van der Waals surface area contributed by atoms with Gasteiger partial charge in [0.05, 0.1) is 27.3 Å². The average molecular weight is 314 g/mol. The maximum Gasteiger partial charge on any atom is 0.122 e. The van der Waals surface area contributed by atoms with Gasteiger partial charge in [0.1, 0.15) is 19.0 Å². The minimum atomic E-state index is 0.